The van der Waals surface area contributed by atoms with Gasteiger partial charge in [0, 0.05) is 7.11 Å². The third-order valence-electron chi connectivity index (χ3n) is 0.973. The van der Waals surface area contributed by atoms with Gasteiger partial charge in [-0.2, -0.15) is 0 Å². The molecule has 0 heterocycles. The molecule has 0 aliphatic heterocycles. The second kappa shape index (κ2) is 3.29. The Kier molecular flexibility index (Phi) is 3.32. The van der Waals surface area contributed by atoms with E-state index < -0.39 is 13.4 Å². The Morgan fingerprint density at radius 1 is 1.89 bits per heavy atom. The van der Waals surface area contributed by atoms with Crippen molar-refractivity contribution in [2.45, 2.75) is 12.7 Å². The van der Waals surface area contributed by atoms with Crippen molar-refractivity contribution < 1.29 is 19.5 Å². The van der Waals surface area contributed by atoms with E-state index in [9.17, 15) is 9.77 Å². The molecule has 0 aromatic heterocycles. The van der Waals surface area contributed by atoms with Crippen LogP contribution in [0.4, 0.5) is 0 Å². The highest BCUT2D eigenvalue weighted by atomic mass is 31.2. The molecule has 9 heavy (non-hydrogen) atoms. The van der Waals surface area contributed by atoms with Crippen LogP contribution in [0.2, 0.25) is 0 Å². The Morgan fingerprint density at radius 3 is 2.44 bits per heavy atom. The van der Waals surface area contributed by atoms with Crippen LogP contribution in [0.25, 0.3) is 0 Å². The maximum atomic E-state index is 10.6. The van der Waals surface area contributed by atoms with Crippen LogP contribution in [-0.4, -0.2) is 17.8 Å². The molecule has 0 spiro atoms. The molecule has 0 saturated carbocycles. The maximum absolute atomic E-state index is 10.6. The van der Waals surface area contributed by atoms with Crippen LogP contribution in [0.15, 0.2) is 0 Å². The molecule has 0 amide bonds. The summed E-state index contributed by atoms with van der Waals surface area (Å²) in [6, 6.07) is 0. The minimum absolute atomic E-state index is 0.393. The van der Waals surface area contributed by atoms with Gasteiger partial charge in [0.15, 0.2) is 5.78 Å². The van der Waals surface area contributed by atoms with Gasteiger partial charge in [0.1, 0.15) is 0 Å². The third-order valence-corrected chi connectivity index (χ3v) is 2.65. The van der Waals surface area contributed by atoms with Crippen LogP contribution < -0.4 is 5.48 Å². The van der Waals surface area contributed by atoms with E-state index in [0.717, 1.165) is 7.11 Å². The highest BCUT2D eigenvalue weighted by Crippen LogP contribution is 2.42. The molecule has 5 nitrogen and oxygen atoms in total. The second-order valence-corrected chi connectivity index (χ2v) is 3.93. The lowest BCUT2D eigenvalue weighted by atomic mass is 10.8. The lowest BCUT2D eigenvalue weighted by molar-refractivity contribution is -0.604. The highest BCUT2D eigenvalue weighted by Gasteiger charge is 2.27. The Hall–Kier alpha value is 0.0700. The summed E-state index contributed by atoms with van der Waals surface area (Å²) in [4.78, 5) is 8.69. The third kappa shape index (κ3) is 2.43. The molecule has 3 N–H and O–H groups in total. The number of hydroxylamine groups is 1. The van der Waals surface area contributed by atoms with Crippen LogP contribution in [0, 0.1) is 5.21 Å². The first kappa shape index (κ1) is 9.07. The normalized spacial score (nSPS) is 20.9. The molecule has 0 saturated heterocycles. The molecule has 0 aromatic rings. The van der Waals surface area contributed by atoms with Crippen molar-refractivity contribution in [2.75, 3.05) is 7.11 Å². The summed E-state index contributed by atoms with van der Waals surface area (Å²) in [5, 5.41) is 9.90. The topological polar surface area (TPSA) is 86.2 Å². The highest BCUT2D eigenvalue weighted by molar-refractivity contribution is 7.53. The monoisotopic (exact) mass is 155 g/mol. The van der Waals surface area contributed by atoms with Gasteiger partial charge in [0.2, 0.25) is 0 Å². The molecule has 0 aliphatic rings. The van der Waals surface area contributed by atoms with E-state index in [1.165, 1.54) is 6.92 Å². The van der Waals surface area contributed by atoms with Gasteiger partial charge in [0.05, 0.1) is 0 Å². The Labute approximate surface area is 53.1 Å². The molecule has 2 unspecified atom stereocenters. The Morgan fingerprint density at radius 2 is 2.33 bits per heavy atom. The zero-order valence-electron chi connectivity index (χ0n) is 5.27. The molecular formula is C3H10NO4P. The summed E-state index contributed by atoms with van der Waals surface area (Å²) in [6.07, 6.45) is 0. The molecular weight excluding hydrogens is 145 g/mol. The molecule has 0 rings (SSSR count). The largest absolute Gasteiger partial charge is 0.635 e. The lowest BCUT2D eigenvalue weighted by Gasteiger charge is -2.15. The summed E-state index contributed by atoms with van der Waals surface area (Å²) in [5.74, 6) is -0.928. The summed E-state index contributed by atoms with van der Waals surface area (Å²) in [7, 11) is -2.53. The van der Waals surface area contributed by atoms with Gasteiger partial charge in [-0.15, -0.1) is 0 Å². The van der Waals surface area contributed by atoms with E-state index in [0.29, 0.717) is 5.48 Å². The van der Waals surface area contributed by atoms with E-state index in [-0.39, 0.29) is 0 Å². The molecule has 2 atom stereocenters. The van der Waals surface area contributed by atoms with Crippen molar-refractivity contribution in [2.24, 2.45) is 0 Å². The smallest absolute Gasteiger partial charge is 0.384 e. The van der Waals surface area contributed by atoms with Crippen LogP contribution in [0.1, 0.15) is 6.92 Å². The van der Waals surface area contributed by atoms with Crippen molar-refractivity contribution in [3.8, 4) is 0 Å². The minimum Gasteiger partial charge on any atom is -0.635 e. The quantitative estimate of drug-likeness (QED) is 0.413. The summed E-state index contributed by atoms with van der Waals surface area (Å²) in [5.41, 5.74) is 0.393. The van der Waals surface area contributed by atoms with Crippen LogP contribution in [-0.2, 0) is 9.09 Å². The van der Waals surface area contributed by atoms with Gasteiger partial charge in [-0.25, -0.2) is 0 Å². The number of rotatable bonds is 3. The number of hydrogen-bond donors (Lipinski definition) is 2. The molecule has 6 heteroatoms. The summed E-state index contributed by atoms with van der Waals surface area (Å²) in [6.45, 7) is 1.33. The molecule has 0 bridgehead atoms. The zero-order chi connectivity index (χ0) is 7.49. The predicted octanol–water partition coefficient (Wildman–Crippen LogP) is -0.775. The maximum Gasteiger partial charge on any atom is 0.384 e. The number of quaternary nitrogens is 1. The first-order chi connectivity index (χ1) is 4.04. The second-order valence-electron chi connectivity index (χ2n) is 1.62. The van der Waals surface area contributed by atoms with Crippen molar-refractivity contribution >= 4 is 7.60 Å². The van der Waals surface area contributed by atoms with Crippen LogP contribution >= 0.6 is 7.60 Å². The van der Waals surface area contributed by atoms with Gasteiger partial charge in [0.25, 0.3) is 0 Å². The lowest BCUT2D eigenvalue weighted by Crippen LogP contribution is -2.82. The summed E-state index contributed by atoms with van der Waals surface area (Å²) >= 11 is 0. The SMILES string of the molecule is COP(=O)(O)C(C)[NH2+][O-]. The molecule has 0 aromatic carbocycles. The van der Waals surface area contributed by atoms with Crippen molar-refractivity contribution in [3.05, 3.63) is 5.21 Å². The van der Waals surface area contributed by atoms with Gasteiger partial charge < -0.3 is 20.1 Å². The fourth-order valence-electron chi connectivity index (χ4n) is 0.243. The van der Waals surface area contributed by atoms with Crippen molar-refractivity contribution in [1.82, 2.24) is 0 Å². The number of nitrogens with two attached hydrogens (primary N) is 1. The fourth-order valence-corrected chi connectivity index (χ4v) is 0.730. The van der Waals surface area contributed by atoms with Crippen molar-refractivity contribution in [1.29, 1.82) is 0 Å². The van der Waals surface area contributed by atoms with Gasteiger partial charge in [-0.3, -0.25) is 4.57 Å². The van der Waals surface area contributed by atoms with E-state index >= 15 is 0 Å². The standard InChI is InChI=1S/C3H10NO4P/c1-3(4-5)9(6,7)8-2/h3H,4H2,1-2H3,(H,6,7). The summed E-state index contributed by atoms with van der Waals surface area (Å²) < 4.78 is 14.8. The Balaban J connectivity index is 3.98. The van der Waals surface area contributed by atoms with E-state index in [4.69, 9.17) is 4.89 Å². The van der Waals surface area contributed by atoms with Gasteiger partial charge in [-0.05, 0) is 6.92 Å². The van der Waals surface area contributed by atoms with Gasteiger partial charge in [-0.1, -0.05) is 0 Å². The average Bonchev–Trinajstić information content (AvgIpc) is 1.86. The first-order valence-corrected chi connectivity index (χ1v) is 4.02. The molecule has 0 radical (unpaired) electrons. The van der Waals surface area contributed by atoms with Crippen LogP contribution in [0.5, 0.6) is 0 Å². The predicted molar refractivity (Wildman–Crippen MR) is 31.6 cm³/mol. The zero-order valence-corrected chi connectivity index (χ0v) is 6.17. The fraction of sp³-hybridized carbons (Fsp3) is 1.00. The first-order valence-electron chi connectivity index (χ1n) is 2.38. The number of hydrogen-bond acceptors (Lipinski definition) is 3. The van der Waals surface area contributed by atoms with Crippen LogP contribution in [0.3, 0.4) is 0 Å². The van der Waals surface area contributed by atoms with E-state index in [2.05, 4.69) is 4.52 Å². The van der Waals surface area contributed by atoms with Crippen molar-refractivity contribution in [3.63, 3.8) is 0 Å². The van der Waals surface area contributed by atoms with Gasteiger partial charge >= 0.3 is 7.60 Å². The Bertz CT molecular complexity index is 127. The van der Waals surface area contributed by atoms with E-state index in [1.807, 2.05) is 0 Å². The molecule has 56 valence electrons. The van der Waals surface area contributed by atoms with E-state index in [1.54, 1.807) is 0 Å². The molecule has 0 aliphatic carbocycles. The molecule has 0 fully saturated rings. The minimum atomic E-state index is -3.63. The average molecular weight is 155 g/mol.